The van der Waals surface area contributed by atoms with E-state index < -0.39 is 0 Å². The van der Waals surface area contributed by atoms with E-state index in [4.69, 9.17) is 11.6 Å². The van der Waals surface area contributed by atoms with Crippen LogP contribution >= 0.6 is 11.6 Å². The van der Waals surface area contributed by atoms with E-state index >= 15 is 0 Å². The van der Waals surface area contributed by atoms with Crippen molar-refractivity contribution in [3.05, 3.63) is 28.3 Å². The zero-order valence-electron chi connectivity index (χ0n) is 9.69. The van der Waals surface area contributed by atoms with E-state index in [1.165, 1.54) is 16.3 Å². The van der Waals surface area contributed by atoms with E-state index in [0.29, 0.717) is 11.8 Å². The third-order valence-corrected chi connectivity index (χ3v) is 3.81. The first-order chi connectivity index (χ1) is 6.45. The number of benzene rings is 1. The fourth-order valence-corrected chi connectivity index (χ4v) is 3.47. The van der Waals surface area contributed by atoms with Crippen LogP contribution in [0.15, 0.2) is 12.1 Å². The van der Waals surface area contributed by atoms with E-state index in [1.807, 2.05) is 6.07 Å². The fourth-order valence-electron chi connectivity index (χ4n) is 2.07. The molecule has 0 aliphatic carbocycles. The lowest BCUT2D eigenvalue weighted by Gasteiger charge is -2.20. The predicted molar refractivity (Wildman–Crippen MR) is 69.2 cm³/mol. The van der Waals surface area contributed by atoms with Gasteiger partial charge in [-0.25, -0.2) is 0 Å². The van der Waals surface area contributed by atoms with Crippen LogP contribution in [0.5, 0.6) is 0 Å². The van der Waals surface area contributed by atoms with Crippen LogP contribution in [0.1, 0.15) is 50.7 Å². The van der Waals surface area contributed by atoms with E-state index in [2.05, 4.69) is 33.8 Å². The van der Waals surface area contributed by atoms with E-state index in [-0.39, 0.29) is 0 Å². The monoisotopic (exact) mass is 226 g/mol. The molecule has 0 spiro atoms. The SMILES string of the molecule is CC(C)c1c([SiH3])ccc(Cl)c1C(C)C. The summed E-state index contributed by atoms with van der Waals surface area (Å²) in [6, 6.07) is 4.22. The second-order valence-corrected chi connectivity index (χ2v) is 5.99. The summed E-state index contributed by atoms with van der Waals surface area (Å²) >= 11 is 6.26. The Kier molecular flexibility index (Phi) is 3.79. The molecule has 0 heterocycles. The van der Waals surface area contributed by atoms with Gasteiger partial charge in [0.1, 0.15) is 0 Å². The van der Waals surface area contributed by atoms with Gasteiger partial charge in [0.2, 0.25) is 0 Å². The Morgan fingerprint density at radius 3 is 1.86 bits per heavy atom. The van der Waals surface area contributed by atoms with E-state index in [0.717, 1.165) is 15.3 Å². The third kappa shape index (κ3) is 2.21. The molecule has 0 saturated carbocycles. The topological polar surface area (TPSA) is 0 Å². The summed E-state index contributed by atoms with van der Waals surface area (Å²) in [5.74, 6) is 1.10. The van der Waals surface area contributed by atoms with Gasteiger partial charge in [-0.2, -0.15) is 0 Å². The lowest BCUT2D eigenvalue weighted by Crippen LogP contribution is -2.16. The van der Waals surface area contributed by atoms with Crippen LogP contribution in [0, 0.1) is 0 Å². The molecule has 0 saturated heterocycles. The highest BCUT2D eigenvalue weighted by molar-refractivity contribution is 6.36. The Bertz CT molecular complexity index is 296. The average molecular weight is 227 g/mol. The number of rotatable bonds is 2. The van der Waals surface area contributed by atoms with E-state index in [9.17, 15) is 0 Å². The van der Waals surface area contributed by atoms with Crippen molar-refractivity contribution >= 4 is 27.0 Å². The van der Waals surface area contributed by atoms with Gasteiger partial charge >= 0.3 is 0 Å². The summed E-state index contributed by atoms with van der Waals surface area (Å²) in [7, 11) is 1.11. The van der Waals surface area contributed by atoms with Crippen LogP contribution in [0.25, 0.3) is 0 Å². The fraction of sp³-hybridized carbons (Fsp3) is 0.500. The smallest absolute Gasteiger partial charge is 0.0443 e. The molecule has 14 heavy (non-hydrogen) atoms. The Labute approximate surface area is 95.1 Å². The first-order valence-electron chi connectivity index (χ1n) is 5.24. The minimum absolute atomic E-state index is 0.522. The Balaban J connectivity index is 3.42. The summed E-state index contributed by atoms with van der Waals surface area (Å²) in [4.78, 5) is 0. The molecule has 0 unspecified atom stereocenters. The molecule has 0 N–H and O–H groups in total. The summed E-state index contributed by atoms with van der Waals surface area (Å²) < 4.78 is 0. The van der Waals surface area contributed by atoms with Gasteiger partial charge in [0.15, 0.2) is 0 Å². The maximum Gasteiger partial charge on any atom is 0.0443 e. The zero-order chi connectivity index (χ0) is 10.9. The molecule has 0 atom stereocenters. The molecule has 0 aliphatic heterocycles. The molecular formula is C12H19ClSi. The highest BCUT2D eigenvalue weighted by Gasteiger charge is 2.15. The van der Waals surface area contributed by atoms with Gasteiger partial charge in [0.25, 0.3) is 0 Å². The van der Waals surface area contributed by atoms with Crippen molar-refractivity contribution in [1.82, 2.24) is 0 Å². The first kappa shape index (κ1) is 11.8. The number of halogens is 1. The maximum atomic E-state index is 6.26. The molecule has 0 bridgehead atoms. The normalized spacial score (nSPS) is 11.6. The van der Waals surface area contributed by atoms with Crippen molar-refractivity contribution in [2.24, 2.45) is 0 Å². The molecule has 1 aromatic carbocycles. The quantitative estimate of drug-likeness (QED) is 0.681. The summed E-state index contributed by atoms with van der Waals surface area (Å²) in [5.41, 5.74) is 2.84. The lowest BCUT2D eigenvalue weighted by molar-refractivity contribution is 0.795. The van der Waals surface area contributed by atoms with Gasteiger partial charge in [-0.1, -0.05) is 50.5 Å². The van der Waals surface area contributed by atoms with Gasteiger partial charge in [-0.3, -0.25) is 0 Å². The van der Waals surface area contributed by atoms with Gasteiger partial charge < -0.3 is 0 Å². The van der Waals surface area contributed by atoms with Crippen LogP contribution in [0.4, 0.5) is 0 Å². The summed E-state index contributed by atoms with van der Waals surface area (Å²) in [6.07, 6.45) is 0. The molecular weight excluding hydrogens is 208 g/mol. The van der Waals surface area contributed by atoms with Crippen molar-refractivity contribution < 1.29 is 0 Å². The molecule has 2 heteroatoms. The van der Waals surface area contributed by atoms with Crippen molar-refractivity contribution in [3.8, 4) is 0 Å². The number of hydrogen-bond donors (Lipinski definition) is 0. The van der Waals surface area contributed by atoms with Crippen molar-refractivity contribution in [3.63, 3.8) is 0 Å². The molecule has 78 valence electrons. The minimum atomic E-state index is 0.522. The Hall–Kier alpha value is -0.273. The van der Waals surface area contributed by atoms with Crippen LogP contribution in [-0.2, 0) is 0 Å². The van der Waals surface area contributed by atoms with Gasteiger partial charge in [-0.15, -0.1) is 0 Å². The minimum Gasteiger partial charge on any atom is -0.0840 e. The molecule has 1 aromatic rings. The highest BCUT2D eigenvalue weighted by Crippen LogP contribution is 2.30. The molecule has 0 fully saturated rings. The van der Waals surface area contributed by atoms with Gasteiger partial charge in [-0.05, 0) is 29.0 Å². The Morgan fingerprint density at radius 1 is 1.00 bits per heavy atom. The van der Waals surface area contributed by atoms with Crippen LogP contribution in [0.3, 0.4) is 0 Å². The molecule has 0 aliphatic rings. The molecule has 0 nitrogen and oxygen atoms in total. The summed E-state index contributed by atoms with van der Waals surface area (Å²) in [6.45, 7) is 8.93. The number of hydrogen-bond acceptors (Lipinski definition) is 0. The molecule has 1 rings (SSSR count). The van der Waals surface area contributed by atoms with Crippen molar-refractivity contribution in [2.75, 3.05) is 0 Å². The second kappa shape index (κ2) is 4.50. The zero-order valence-corrected chi connectivity index (χ0v) is 12.4. The van der Waals surface area contributed by atoms with Crippen molar-refractivity contribution in [2.45, 2.75) is 39.5 Å². The van der Waals surface area contributed by atoms with Crippen LogP contribution in [-0.4, -0.2) is 10.2 Å². The van der Waals surface area contributed by atoms with Crippen LogP contribution < -0.4 is 5.19 Å². The highest BCUT2D eigenvalue weighted by atomic mass is 35.5. The maximum absolute atomic E-state index is 6.26. The van der Waals surface area contributed by atoms with E-state index in [1.54, 1.807) is 0 Å². The Morgan fingerprint density at radius 2 is 1.50 bits per heavy atom. The largest absolute Gasteiger partial charge is 0.0840 e. The van der Waals surface area contributed by atoms with Crippen molar-refractivity contribution in [1.29, 1.82) is 0 Å². The third-order valence-electron chi connectivity index (χ3n) is 2.61. The molecule has 0 aromatic heterocycles. The lowest BCUT2D eigenvalue weighted by atomic mass is 9.90. The van der Waals surface area contributed by atoms with Gasteiger partial charge in [0, 0.05) is 15.3 Å². The predicted octanol–water partition coefficient (Wildman–Crippen LogP) is 2.58. The molecule has 0 radical (unpaired) electrons. The molecule has 0 amide bonds. The van der Waals surface area contributed by atoms with Crippen LogP contribution in [0.2, 0.25) is 5.02 Å². The summed E-state index contributed by atoms with van der Waals surface area (Å²) in [5, 5.41) is 2.43. The average Bonchev–Trinajstić information content (AvgIpc) is 2.07. The standard InChI is InChI=1S/C12H19ClSi/c1-7(2)11-9(13)5-6-10(14)12(11)8(3)4/h5-8H,1-4,14H3. The second-order valence-electron chi connectivity index (χ2n) is 4.50. The first-order valence-corrected chi connectivity index (χ1v) is 6.61. The van der Waals surface area contributed by atoms with Gasteiger partial charge in [0.05, 0.1) is 0 Å².